The van der Waals surface area contributed by atoms with Crippen molar-refractivity contribution >= 4 is 47.3 Å². The minimum absolute atomic E-state index is 0.0832. The van der Waals surface area contributed by atoms with Crippen molar-refractivity contribution in [1.29, 1.82) is 0 Å². The van der Waals surface area contributed by atoms with Gasteiger partial charge in [0.05, 0.1) is 11.2 Å². The van der Waals surface area contributed by atoms with Crippen molar-refractivity contribution in [3.05, 3.63) is 95.2 Å². The maximum absolute atomic E-state index is 12.7. The van der Waals surface area contributed by atoms with Crippen LogP contribution < -0.4 is 5.73 Å². The normalized spacial score (nSPS) is 11.3. The number of carbonyl (C=O) groups excluding carboxylic acids is 1. The second kappa shape index (κ2) is 7.13. The summed E-state index contributed by atoms with van der Waals surface area (Å²) in [5.41, 5.74) is 10.1. The molecule has 0 atom stereocenters. The maximum Gasteiger partial charge on any atom is 0.193 e. The van der Waals surface area contributed by atoms with E-state index in [0.717, 1.165) is 22.2 Å². The molecule has 0 aliphatic heterocycles. The van der Waals surface area contributed by atoms with Crippen LogP contribution in [-0.4, -0.2) is 15.0 Å². The Morgan fingerprint density at radius 3 is 2.48 bits per heavy atom. The molecule has 0 unspecified atom stereocenters. The summed E-state index contributed by atoms with van der Waals surface area (Å²) in [6, 6.07) is 22.5. The Morgan fingerprint density at radius 2 is 1.70 bits per heavy atom. The zero-order chi connectivity index (χ0) is 18.8. The number of rotatable bonds is 4. The number of anilines is 1. The monoisotopic (exact) mass is 371 g/mol. The van der Waals surface area contributed by atoms with Crippen molar-refractivity contribution in [2.45, 2.75) is 0 Å². The van der Waals surface area contributed by atoms with Crippen LogP contribution >= 0.6 is 12.8 Å². The van der Waals surface area contributed by atoms with Gasteiger partial charge in [0, 0.05) is 22.2 Å². The predicted octanol–water partition coefficient (Wildman–Crippen LogP) is 4.71. The number of thiol groups is 1. The average Bonchev–Trinajstić information content (AvgIpc) is 3.02. The zero-order valence-electron chi connectivity index (χ0n) is 14.4. The van der Waals surface area contributed by atoms with Crippen LogP contribution in [0.2, 0.25) is 0 Å². The highest BCUT2D eigenvalue weighted by Crippen LogP contribution is 2.24. The van der Waals surface area contributed by atoms with Gasteiger partial charge in [0.2, 0.25) is 0 Å². The van der Waals surface area contributed by atoms with Gasteiger partial charge in [-0.3, -0.25) is 4.79 Å². The summed E-state index contributed by atoms with van der Waals surface area (Å²) < 4.78 is 1.50. The molecule has 0 radical (unpaired) electrons. The van der Waals surface area contributed by atoms with Gasteiger partial charge in [0.15, 0.2) is 5.78 Å². The Labute approximate surface area is 162 Å². The molecule has 0 saturated heterocycles. The Morgan fingerprint density at radius 1 is 0.926 bits per heavy atom. The number of nitrogen functional groups attached to an aromatic ring is 1. The van der Waals surface area contributed by atoms with Gasteiger partial charge in [-0.1, -0.05) is 54.6 Å². The average molecular weight is 371 g/mol. The first-order valence-corrected chi connectivity index (χ1v) is 8.87. The van der Waals surface area contributed by atoms with E-state index in [4.69, 9.17) is 5.73 Å². The van der Waals surface area contributed by atoms with Gasteiger partial charge in [-0.2, -0.15) is 5.10 Å². The summed E-state index contributed by atoms with van der Waals surface area (Å²) >= 11 is 4.41. The van der Waals surface area contributed by atoms with E-state index in [9.17, 15) is 4.79 Å². The number of hydrogen-bond acceptors (Lipinski definition) is 4. The molecule has 132 valence electrons. The van der Waals surface area contributed by atoms with E-state index < -0.39 is 0 Å². The highest BCUT2D eigenvalue weighted by Gasteiger charge is 2.13. The molecule has 5 heteroatoms. The zero-order valence-corrected chi connectivity index (χ0v) is 15.3. The number of nitrogens with zero attached hydrogens (tertiary/aromatic N) is 2. The number of nitrogens with two attached hydrogens (primary N) is 1. The fraction of sp³-hybridized carbons (Fsp3) is 0. The Hall–Kier alpha value is -3.31. The number of fused-ring (bicyclic) bond motifs is 1. The fourth-order valence-corrected chi connectivity index (χ4v) is 3.24. The van der Waals surface area contributed by atoms with Crippen LogP contribution in [0.4, 0.5) is 5.69 Å². The molecule has 0 amide bonds. The first-order chi connectivity index (χ1) is 13.1. The molecule has 1 heterocycles. The lowest BCUT2D eigenvalue weighted by Crippen LogP contribution is -2.02. The summed E-state index contributed by atoms with van der Waals surface area (Å²) in [5, 5.41) is 5.39. The molecule has 27 heavy (non-hydrogen) atoms. The number of carbonyl (C=O) groups is 1. The van der Waals surface area contributed by atoms with Gasteiger partial charge in [0.1, 0.15) is 0 Å². The molecular weight excluding hydrogens is 354 g/mol. The molecule has 0 bridgehead atoms. The van der Waals surface area contributed by atoms with Crippen LogP contribution in [-0.2, 0) is 0 Å². The van der Waals surface area contributed by atoms with Gasteiger partial charge >= 0.3 is 0 Å². The molecule has 0 aliphatic carbocycles. The van der Waals surface area contributed by atoms with E-state index >= 15 is 0 Å². The number of hydrogen-bond donors (Lipinski definition) is 2. The van der Waals surface area contributed by atoms with Gasteiger partial charge < -0.3 is 5.73 Å². The third kappa shape index (κ3) is 3.50. The Bertz CT molecular complexity index is 1160. The number of aromatic nitrogens is 2. The quantitative estimate of drug-likeness (QED) is 0.310. The minimum atomic E-state index is -0.0832. The van der Waals surface area contributed by atoms with Crippen LogP contribution in [0.15, 0.2) is 72.8 Å². The Kier molecular flexibility index (Phi) is 4.52. The molecule has 2 N–H and O–H groups in total. The van der Waals surface area contributed by atoms with Gasteiger partial charge in [-0.05, 0) is 48.7 Å². The van der Waals surface area contributed by atoms with Crippen LogP contribution in [0, 0.1) is 0 Å². The topological polar surface area (TPSA) is 60.9 Å². The summed E-state index contributed by atoms with van der Waals surface area (Å²) in [4.78, 5) is 12.7. The van der Waals surface area contributed by atoms with Crippen molar-refractivity contribution in [3.63, 3.8) is 0 Å². The van der Waals surface area contributed by atoms with Crippen molar-refractivity contribution in [2.24, 2.45) is 0 Å². The molecule has 0 spiro atoms. The van der Waals surface area contributed by atoms with Gasteiger partial charge in [0.25, 0.3) is 0 Å². The standard InChI is InChI=1S/C22H17N3OS/c23-18-8-4-7-16(13-18)22(26)17-10-11-19-20(24-25(27)21(19)14-17)12-9-15-5-2-1-3-6-15/h1-14,27H,23H2/b12-9+. The van der Waals surface area contributed by atoms with Crippen molar-refractivity contribution < 1.29 is 4.79 Å². The van der Waals surface area contributed by atoms with Crippen LogP contribution in [0.25, 0.3) is 23.1 Å². The van der Waals surface area contributed by atoms with Crippen LogP contribution in [0.3, 0.4) is 0 Å². The second-order valence-electron chi connectivity index (χ2n) is 6.21. The maximum atomic E-state index is 12.7. The molecule has 1 aromatic heterocycles. The lowest BCUT2D eigenvalue weighted by Gasteiger charge is -2.03. The highest BCUT2D eigenvalue weighted by molar-refractivity contribution is 7.78. The molecular formula is C22H17N3OS. The van der Waals surface area contributed by atoms with Crippen molar-refractivity contribution in [1.82, 2.24) is 9.19 Å². The third-order valence-corrected chi connectivity index (χ3v) is 4.64. The predicted molar refractivity (Wildman–Crippen MR) is 114 cm³/mol. The third-order valence-electron chi connectivity index (χ3n) is 4.34. The second-order valence-corrected chi connectivity index (χ2v) is 6.58. The van der Waals surface area contributed by atoms with E-state index in [2.05, 4.69) is 17.9 Å². The summed E-state index contributed by atoms with van der Waals surface area (Å²) in [5.74, 6) is -0.0832. The molecule has 4 rings (SSSR count). The van der Waals surface area contributed by atoms with Crippen molar-refractivity contribution in [3.8, 4) is 0 Å². The first kappa shape index (κ1) is 17.1. The van der Waals surface area contributed by atoms with E-state index in [1.807, 2.05) is 54.6 Å². The minimum Gasteiger partial charge on any atom is -0.399 e. The smallest absolute Gasteiger partial charge is 0.193 e. The summed E-state index contributed by atoms with van der Waals surface area (Å²) in [6.07, 6.45) is 3.95. The fourth-order valence-electron chi connectivity index (χ4n) is 2.97. The Balaban J connectivity index is 1.71. The number of ketones is 1. The largest absolute Gasteiger partial charge is 0.399 e. The molecule has 0 aliphatic rings. The summed E-state index contributed by atoms with van der Waals surface area (Å²) in [7, 11) is 0. The van der Waals surface area contributed by atoms with Crippen LogP contribution in [0.5, 0.6) is 0 Å². The lowest BCUT2D eigenvalue weighted by atomic mass is 10.0. The first-order valence-electron chi connectivity index (χ1n) is 8.47. The molecule has 0 saturated carbocycles. The van der Waals surface area contributed by atoms with E-state index in [1.54, 1.807) is 30.3 Å². The van der Waals surface area contributed by atoms with Crippen LogP contribution in [0.1, 0.15) is 27.2 Å². The number of benzene rings is 3. The highest BCUT2D eigenvalue weighted by atomic mass is 32.1. The van der Waals surface area contributed by atoms with Crippen molar-refractivity contribution in [2.75, 3.05) is 5.73 Å². The van der Waals surface area contributed by atoms with E-state index in [0.29, 0.717) is 16.8 Å². The molecule has 0 fully saturated rings. The summed E-state index contributed by atoms with van der Waals surface area (Å²) in [6.45, 7) is 0. The van der Waals surface area contributed by atoms with Gasteiger partial charge in [-0.15, -0.1) is 0 Å². The van der Waals surface area contributed by atoms with E-state index in [-0.39, 0.29) is 5.78 Å². The molecule has 4 aromatic rings. The lowest BCUT2D eigenvalue weighted by molar-refractivity contribution is 0.103. The molecule has 3 aromatic carbocycles. The molecule has 4 nitrogen and oxygen atoms in total. The SMILES string of the molecule is Nc1cccc(C(=O)c2ccc3c(/C=C/c4ccccc4)nn(S)c3c2)c1. The van der Waals surface area contributed by atoms with Gasteiger partial charge in [-0.25, -0.2) is 4.09 Å². The van der Waals surface area contributed by atoms with E-state index in [1.165, 1.54) is 4.09 Å².